The van der Waals surface area contributed by atoms with Gasteiger partial charge in [-0.1, -0.05) is 42.5 Å². The molecule has 0 radical (unpaired) electrons. The molecule has 1 N–H and O–H groups in total. The van der Waals surface area contributed by atoms with Crippen molar-refractivity contribution in [2.24, 2.45) is 0 Å². The Bertz CT molecular complexity index is 516. The van der Waals surface area contributed by atoms with Gasteiger partial charge in [0.25, 0.3) is 0 Å². The highest BCUT2D eigenvalue weighted by atomic mass is 14.3. The summed E-state index contributed by atoms with van der Waals surface area (Å²) >= 11 is 0. The SMILES string of the molecule is C/C=C(/C=C\c1ccccc1C)C(\C)=C(\C)C=N. The first-order valence-corrected chi connectivity index (χ1v) is 6.18. The first-order chi connectivity index (χ1) is 8.60. The van der Waals surface area contributed by atoms with Gasteiger partial charge >= 0.3 is 0 Å². The summed E-state index contributed by atoms with van der Waals surface area (Å²) in [6.45, 7) is 8.16. The number of nitrogens with one attached hydrogen (secondary N) is 1. The molecule has 0 saturated heterocycles. The predicted molar refractivity (Wildman–Crippen MR) is 81.1 cm³/mol. The number of aryl methyl sites for hydroxylation is 1. The van der Waals surface area contributed by atoms with E-state index in [1.165, 1.54) is 22.9 Å². The molecule has 0 aliphatic heterocycles. The van der Waals surface area contributed by atoms with Crippen molar-refractivity contribution >= 4 is 12.3 Å². The van der Waals surface area contributed by atoms with Crippen LogP contribution in [0.5, 0.6) is 0 Å². The van der Waals surface area contributed by atoms with Crippen LogP contribution in [0.25, 0.3) is 6.08 Å². The van der Waals surface area contributed by atoms with Crippen LogP contribution in [-0.4, -0.2) is 6.21 Å². The Kier molecular flexibility index (Phi) is 5.31. The quantitative estimate of drug-likeness (QED) is 0.568. The number of allylic oxidation sites excluding steroid dienone is 5. The van der Waals surface area contributed by atoms with E-state index in [1.54, 1.807) is 0 Å². The summed E-state index contributed by atoms with van der Waals surface area (Å²) in [6, 6.07) is 8.32. The smallest absolute Gasteiger partial charge is 0.0209 e. The highest BCUT2D eigenvalue weighted by molar-refractivity contribution is 5.78. The van der Waals surface area contributed by atoms with Crippen LogP contribution in [0.15, 0.2) is 53.1 Å². The lowest BCUT2D eigenvalue weighted by atomic mass is 10.0. The Morgan fingerprint density at radius 3 is 2.39 bits per heavy atom. The maximum Gasteiger partial charge on any atom is 0.0209 e. The maximum atomic E-state index is 7.30. The van der Waals surface area contributed by atoms with E-state index in [1.807, 2.05) is 26.0 Å². The maximum absolute atomic E-state index is 7.30. The molecule has 18 heavy (non-hydrogen) atoms. The van der Waals surface area contributed by atoms with E-state index in [9.17, 15) is 0 Å². The molecule has 0 aliphatic carbocycles. The molecule has 1 nitrogen and oxygen atoms in total. The van der Waals surface area contributed by atoms with E-state index in [2.05, 4.69) is 44.2 Å². The lowest BCUT2D eigenvalue weighted by Gasteiger charge is -2.05. The lowest BCUT2D eigenvalue weighted by molar-refractivity contribution is 1.33. The van der Waals surface area contributed by atoms with Crippen molar-refractivity contribution in [1.82, 2.24) is 0 Å². The monoisotopic (exact) mass is 239 g/mol. The molecule has 0 unspecified atom stereocenters. The Balaban J connectivity index is 3.03. The number of hydrogen-bond donors (Lipinski definition) is 1. The van der Waals surface area contributed by atoms with Crippen molar-refractivity contribution in [2.45, 2.75) is 27.7 Å². The molecule has 1 heteroatoms. The van der Waals surface area contributed by atoms with Gasteiger partial charge in [0.1, 0.15) is 0 Å². The molecule has 0 fully saturated rings. The number of rotatable bonds is 4. The van der Waals surface area contributed by atoms with Gasteiger partial charge in [0.05, 0.1) is 0 Å². The summed E-state index contributed by atoms with van der Waals surface area (Å²) in [4.78, 5) is 0. The van der Waals surface area contributed by atoms with Crippen LogP contribution < -0.4 is 0 Å². The summed E-state index contributed by atoms with van der Waals surface area (Å²) in [7, 11) is 0. The topological polar surface area (TPSA) is 23.9 Å². The molecule has 1 aromatic carbocycles. The zero-order valence-electron chi connectivity index (χ0n) is 11.6. The summed E-state index contributed by atoms with van der Waals surface area (Å²) in [5.41, 5.74) is 5.82. The zero-order valence-corrected chi connectivity index (χ0v) is 11.6. The van der Waals surface area contributed by atoms with Gasteiger partial charge in [0.15, 0.2) is 0 Å². The molecule has 0 bridgehead atoms. The Hall–Kier alpha value is -1.89. The summed E-state index contributed by atoms with van der Waals surface area (Å²) in [5, 5.41) is 7.30. The van der Waals surface area contributed by atoms with Gasteiger partial charge in [-0.2, -0.15) is 0 Å². The molecule has 0 heterocycles. The van der Waals surface area contributed by atoms with Gasteiger partial charge < -0.3 is 5.41 Å². The van der Waals surface area contributed by atoms with Crippen molar-refractivity contribution in [3.63, 3.8) is 0 Å². The molecule has 1 aromatic rings. The first kappa shape index (κ1) is 14.2. The highest BCUT2D eigenvalue weighted by Gasteiger charge is 1.99. The van der Waals surface area contributed by atoms with Crippen LogP contribution >= 0.6 is 0 Å². The fourth-order valence-electron chi connectivity index (χ4n) is 1.73. The molecule has 0 aliphatic rings. The average molecular weight is 239 g/mol. The van der Waals surface area contributed by atoms with E-state index in [0.717, 1.165) is 11.1 Å². The van der Waals surface area contributed by atoms with Gasteiger partial charge in [-0.15, -0.1) is 0 Å². The minimum Gasteiger partial charge on any atom is -0.308 e. The van der Waals surface area contributed by atoms with Crippen molar-refractivity contribution in [3.8, 4) is 0 Å². The van der Waals surface area contributed by atoms with E-state index >= 15 is 0 Å². The van der Waals surface area contributed by atoms with Gasteiger partial charge in [-0.05, 0) is 55.5 Å². The van der Waals surface area contributed by atoms with E-state index in [4.69, 9.17) is 5.41 Å². The Morgan fingerprint density at radius 2 is 1.83 bits per heavy atom. The van der Waals surface area contributed by atoms with Gasteiger partial charge in [0, 0.05) is 6.21 Å². The van der Waals surface area contributed by atoms with Gasteiger partial charge in [-0.3, -0.25) is 0 Å². The predicted octanol–water partition coefficient (Wildman–Crippen LogP) is 4.94. The van der Waals surface area contributed by atoms with Gasteiger partial charge in [-0.25, -0.2) is 0 Å². The van der Waals surface area contributed by atoms with Crippen LogP contribution in [-0.2, 0) is 0 Å². The fraction of sp³-hybridized carbons (Fsp3) is 0.235. The van der Waals surface area contributed by atoms with Crippen LogP contribution in [0.3, 0.4) is 0 Å². The fourth-order valence-corrected chi connectivity index (χ4v) is 1.73. The van der Waals surface area contributed by atoms with Crippen LogP contribution in [0, 0.1) is 12.3 Å². The Labute approximate surface area is 110 Å². The average Bonchev–Trinajstić information content (AvgIpc) is 2.40. The lowest BCUT2D eigenvalue weighted by Crippen LogP contribution is -1.88. The molecular formula is C17H21N. The third kappa shape index (κ3) is 3.56. The zero-order chi connectivity index (χ0) is 13.5. The molecule has 0 aromatic heterocycles. The normalized spacial score (nSPS) is 13.7. The second kappa shape index (κ2) is 6.75. The molecule has 94 valence electrons. The van der Waals surface area contributed by atoms with E-state index in [-0.39, 0.29) is 0 Å². The third-order valence-corrected chi connectivity index (χ3v) is 3.18. The van der Waals surface area contributed by atoms with E-state index < -0.39 is 0 Å². The minimum atomic E-state index is 0.998. The first-order valence-electron chi connectivity index (χ1n) is 6.18. The molecule has 0 amide bonds. The van der Waals surface area contributed by atoms with E-state index in [0.29, 0.717) is 0 Å². The molecular weight excluding hydrogens is 218 g/mol. The second-order valence-corrected chi connectivity index (χ2v) is 4.39. The van der Waals surface area contributed by atoms with Gasteiger partial charge in [0.2, 0.25) is 0 Å². The molecule has 0 spiro atoms. The third-order valence-electron chi connectivity index (χ3n) is 3.18. The molecule has 0 saturated carbocycles. The molecule has 1 rings (SSSR count). The van der Waals surface area contributed by atoms with Crippen LogP contribution in [0.1, 0.15) is 31.9 Å². The van der Waals surface area contributed by atoms with Crippen molar-refractivity contribution in [1.29, 1.82) is 5.41 Å². The Morgan fingerprint density at radius 1 is 1.17 bits per heavy atom. The largest absolute Gasteiger partial charge is 0.308 e. The highest BCUT2D eigenvalue weighted by Crippen LogP contribution is 2.17. The van der Waals surface area contributed by atoms with Crippen molar-refractivity contribution in [3.05, 3.63) is 64.3 Å². The second-order valence-electron chi connectivity index (χ2n) is 4.39. The van der Waals surface area contributed by atoms with Crippen LogP contribution in [0.4, 0.5) is 0 Å². The van der Waals surface area contributed by atoms with Crippen molar-refractivity contribution in [2.75, 3.05) is 0 Å². The minimum absolute atomic E-state index is 0.998. The summed E-state index contributed by atoms with van der Waals surface area (Å²) in [6.07, 6.45) is 7.73. The van der Waals surface area contributed by atoms with Crippen molar-refractivity contribution < 1.29 is 0 Å². The molecule has 0 atom stereocenters. The standard InChI is InChI=1S/C17H21N/c1-5-16(15(4)14(3)12-18)10-11-17-9-7-6-8-13(17)2/h5-12,18H,1-4H3/b11-10-,15-14-,16-5-,18-12?. The number of benzene rings is 1. The number of hydrogen-bond acceptors (Lipinski definition) is 1. The summed E-state index contributed by atoms with van der Waals surface area (Å²) in [5.74, 6) is 0. The summed E-state index contributed by atoms with van der Waals surface area (Å²) < 4.78 is 0. The van der Waals surface area contributed by atoms with Crippen LogP contribution in [0.2, 0.25) is 0 Å².